The average Bonchev–Trinajstić information content (AvgIpc) is 2.58. The van der Waals surface area contributed by atoms with Crippen LogP contribution in [-0.4, -0.2) is 22.7 Å². The second-order valence-corrected chi connectivity index (χ2v) is 6.10. The summed E-state index contributed by atoms with van der Waals surface area (Å²) in [5.74, 6) is 1.75. The van der Waals surface area contributed by atoms with Crippen molar-refractivity contribution in [2.75, 3.05) is 0 Å². The van der Waals surface area contributed by atoms with Crippen LogP contribution in [0.5, 0.6) is 0 Å². The fourth-order valence-corrected chi connectivity index (χ4v) is 3.81. The fourth-order valence-electron chi connectivity index (χ4n) is 3.81. The third-order valence-corrected chi connectivity index (χ3v) is 4.32. The minimum Gasteiger partial charge on any atom is -0.273 e. The van der Waals surface area contributed by atoms with E-state index in [-0.39, 0.29) is 11.9 Å². The van der Waals surface area contributed by atoms with Crippen LogP contribution in [0.15, 0.2) is 16.8 Å². The number of carbonyl (C=O) groups excluding carboxylic acids is 1. The monoisotopic (exact) mass is 248 g/mol. The van der Waals surface area contributed by atoms with E-state index >= 15 is 0 Å². The molecule has 0 aromatic heterocycles. The van der Waals surface area contributed by atoms with E-state index < -0.39 is 0 Å². The van der Waals surface area contributed by atoms with Gasteiger partial charge in [0.05, 0.1) is 6.04 Å². The van der Waals surface area contributed by atoms with E-state index in [1.54, 1.807) is 11.9 Å². The molecule has 0 saturated carbocycles. The normalized spacial score (nSPS) is 36.4. The summed E-state index contributed by atoms with van der Waals surface area (Å²) in [5, 5.41) is 6.14. The lowest BCUT2D eigenvalue weighted by molar-refractivity contribution is -0.132. The molecule has 0 unspecified atom stereocenters. The standard InChI is InChI=1S/C15H24N2O/c1-9-6-10(2)15(11(3)7-9)14-8-12(4)16-17(14)13(5)18/h6,10-11,14-15H,7-8H2,1-5H3/t10-,11+,14-,15-/m0/s1. The van der Waals surface area contributed by atoms with Crippen LogP contribution in [0.2, 0.25) is 0 Å². The van der Waals surface area contributed by atoms with Crippen molar-refractivity contribution >= 4 is 11.6 Å². The van der Waals surface area contributed by atoms with Crippen LogP contribution < -0.4 is 0 Å². The van der Waals surface area contributed by atoms with Crippen LogP contribution >= 0.6 is 0 Å². The van der Waals surface area contributed by atoms with Gasteiger partial charge in [0.15, 0.2) is 0 Å². The van der Waals surface area contributed by atoms with Crippen molar-refractivity contribution in [2.45, 2.75) is 53.5 Å². The zero-order valence-corrected chi connectivity index (χ0v) is 12.1. The van der Waals surface area contributed by atoms with Crippen molar-refractivity contribution in [3.63, 3.8) is 0 Å². The highest BCUT2D eigenvalue weighted by molar-refractivity contribution is 5.87. The van der Waals surface area contributed by atoms with E-state index in [0.29, 0.717) is 17.8 Å². The maximum atomic E-state index is 11.7. The Bertz CT molecular complexity index is 411. The Labute approximate surface area is 110 Å². The summed E-state index contributed by atoms with van der Waals surface area (Å²) in [7, 11) is 0. The molecule has 0 aromatic rings. The highest BCUT2D eigenvalue weighted by atomic mass is 16.2. The van der Waals surface area contributed by atoms with Gasteiger partial charge in [-0.3, -0.25) is 4.79 Å². The zero-order valence-electron chi connectivity index (χ0n) is 12.1. The van der Waals surface area contributed by atoms with Crippen molar-refractivity contribution in [1.29, 1.82) is 0 Å². The van der Waals surface area contributed by atoms with Gasteiger partial charge < -0.3 is 0 Å². The van der Waals surface area contributed by atoms with Crippen molar-refractivity contribution in [3.8, 4) is 0 Å². The maximum Gasteiger partial charge on any atom is 0.239 e. The Morgan fingerprint density at radius 2 is 2.00 bits per heavy atom. The summed E-state index contributed by atoms with van der Waals surface area (Å²) in [6.45, 7) is 10.4. The molecule has 3 nitrogen and oxygen atoms in total. The molecule has 0 spiro atoms. The first kappa shape index (κ1) is 13.3. The predicted molar refractivity (Wildman–Crippen MR) is 74.2 cm³/mol. The maximum absolute atomic E-state index is 11.7. The summed E-state index contributed by atoms with van der Waals surface area (Å²) in [4.78, 5) is 11.7. The molecule has 0 fully saturated rings. The Morgan fingerprint density at radius 1 is 1.33 bits per heavy atom. The lowest BCUT2D eigenvalue weighted by Crippen LogP contribution is -2.43. The van der Waals surface area contributed by atoms with E-state index in [1.807, 2.05) is 6.92 Å². The summed E-state index contributed by atoms with van der Waals surface area (Å²) >= 11 is 0. The molecule has 0 bridgehead atoms. The lowest BCUT2D eigenvalue weighted by Gasteiger charge is -2.39. The van der Waals surface area contributed by atoms with Crippen molar-refractivity contribution in [1.82, 2.24) is 5.01 Å². The third kappa shape index (κ3) is 2.36. The van der Waals surface area contributed by atoms with Gasteiger partial charge in [0.1, 0.15) is 0 Å². The van der Waals surface area contributed by atoms with Crippen LogP contribution in [0.1, 0.15) is 47.5 Å². The van der Waals surface area contributed by atoms with Crippen LogP contribution in [0.4, 0.5) is 0 Å². The van der Waals surface area contributed by atoms with Crippen molar-refractivity contribution in [2.24, 2.45) is 22.9 Å². The van der Waals surface area contributed by atoms with Gasteiger partial charge in [0, 0.05) is 19.1 Å². The molecule has 4 atom stereocenters. The molecule has 0 saturated heterocycles. The number of nitrogens with zero attached hydrogens (tertiary/aromatic N) is 2. The Hall–Kier alpha value is -1.12. The van der Waals surface area contributed by atoms with Crippen LogP contribution in [0.3, 0.4) is 0 Å². The summed E-state index contributed by atoms with van der Waals surface area (Å²) in [6.07, 6.45) is 4.46. The molecule has 0 aromatic carbocycles. The molecule has 2 rings (SSSR count). The predicted octanol–water partition coefficient (Wildman–Crippen LogP) is 3.22. The minimum atomic E-state index is 0.0718. The molecular formula is C15H24N2O. The van der Waals surface area contributed by atoms with E-state index in [2.05, 4.69) is 31.9 Å². The Balaban J connectivity index is 2.24. The number of rotatable bonds is 1. The average molecular weight is 248 g/mol. The van der Waals surface area contributed by atoms with Crippen LogP contribution in [0, 0.1) is 17.8 Å². The van der Waals surface area contributed by atoms with Gasteiger partial charge in [-0.2, -0.15) is 5.10 Å². The van der Waals surface area contributed by atoms with Crippen LogP contribution in [-0.2, 0) is 4.79 Å². The van der Waals surface area contributed by atoms with E-state index in [1.165, 1.54) is 5.57 Å². The number of amides is 1. The molecule has 1 amide bonds. The lowest BCUT2D eigenvalue weighted by atomic mass is 9.70. The minimum absolute atomic E-state index is 0.0718. The zero-order chi connectivity index (χ0) is 13.4. The second kappa shape index (κ2) is 4.87. The molecule has 18 heavy (non-hydrogen) atoms. The van der Waals surface area contributed by atoms with E-state index in [9.17, 15) is 4.79 Å². The Kier molecular flexibility index (Phi) is 3.60. The molecule has 0 radical (unpaired) electrons. The van der Waals surface area contributed by atoms with Gasteiger partial charge in [-0.15, -0.1) is 0 Å². The topological polar surface area (TPSA) is 32.7 Å². The van der Waals surface area contributed by atoms with Crippen molar-refractivity contribution in [3.05, 3.63) is 11.6 Å². The number of carbonyl (C=O) groups is 1. The fraction of sp³-hybridized carbons (Fsp3) is 0.733. The van der Waals surface area contributed by atoms with Gasteiger partial charge in [-0.25, -0.2) is 5.01 Å². The first-order valence-corrected chi connectivity index (χ1v) is 6.91. The summed E-state index contributed by atoms with van der Waals surface area (Å²) < 4.78 is 0. The molecule has 3 heteroatoms. The first-order valence-electron chi connectivity index (χ1n) is 6.91. The number of hydrogen-bond donors (Lipinski definition) is 0. The number of hydrazone groups is 1. The number of allylic oxidation sites excluding steroid dienone is 2. The molecular weight excluding hydrogens is 224 g/mol. The third-order valence-electron chi connectivity index (χ3n) is 4.32. The largest absolute Gasteiger partial charge is 0.273 e. The first-order chi connectivity index (χ1) is 8.40. The quantitative estimate of drug-likeness (QED) is 0.656. The molecule has 0 N–H and O–H groups in total. The van der Waals surface area contributed by atoms with Crippen LogP contribution in [0.25, 0.3) is 0 Å². The highest BCUT2D eigenvalue weighted by Gasteiger charge is 2.40. The second-order valence-electron chi connectivity index (χ2n) is 6.10. The molecule has 1 aliphatic heterocycles. The van der Waals surface area contributed by atoms with Gasteiger partial charge in [-0.05, 0) is 38.0 Å². The van der Waals surface area contributed by atoms with Gasteiger partial charge in [0.2, 0.25) is 5.91 Å². The van der Waals surface area contributed by atoms with E-state index in [4.69, 9.17) is 0 Å². The van der Waals surface area contributed by atoms with Gasteiger partial charge in [0.25, 0.3) is 0 Å². The molecule has 2 aliphatic rings. The SMILES string of the molecule is CC(=O)N1N=C(C)C[C@H]1[C@@H]1[C@H](C)CC(C)=C[C@@H]1C. The summed E-state index contributed by atoms with van der Waals surface area (Å²) in [5.41, 5.74) is 2.57. The summed E-state index contributed by atoms with van der Waals surface area (Å²) in [6, 6.07) is 0.261. The Morgan fingerprint density at radius 3 is 2.56 bits per heavy atom. The van der Waals surface area contributed by atoms with E-state index in [0.717, 1.165) is 18.6 Å². The smallest absolute Gasteiger partial charge is 0.239 e. The van der Waals surface area contributed by atoms with Gasteiger partial charge >= 0.3 is 0 Å². The number of hydrogen-bond acceptors (Lipinski definition) is 2. The molecule has 100 valence electrons. The molecule has 1 heterocycles. The van der Waals surface area contributed by atoms with Crippen molar-refractivity contribution < 1.29 is 4.79 Å². The highest BCUT2D eigenvalue weighted by Crippen LogP contribution is 2.40. The van der Waals surface area contributed by atoms with Gasteiger partial charge in [-0.1, -0.05) is 25.5 Å². The molecule has 1 aliphatic carbocycles.